The zero-order valence-electron chi connectivity index (χ0n) is 7.85. The molecule has 0 saturated carbocycles. The van der Waals surface area contributed by atoms with Crippen molar-refractivity contribution >= 4 is 11.6 Å². The van der Waals surface area contributed by atoms with Crippen LogP contribution in [0, 0.1) is 0 Å². The normalized spacial score (nSPS) is 17.2. The van der Waals surface area contributed by atoms with Crippen molar-refractivity contribution in [3.8, 4) is 0 Å². The van der Waals surface area contributed by atoms with Gasteiger partial charge in [0.2, 0.25) is 0 Å². The van der Waals surface area contributed by atoms with Crippen LogP contribution in [0.3, 0.4) is 0 Å². The summed E-state index contributed by atoms with van der Waals surface area (Å²) in [5, 5.41) is 26.6. The molecule has 0 aromatic heterocycles. The maximum atomic E-state index is 11.0. The summed E-state index contributed by atoms with van der Waals surface area (Å²) in [6.07, 6.45) is -1.88. The highest BCUT2D eigenvalue weighted by Crippen LogP contribution is 2.12. The molecule has 7 nitrogen and oxygen atoms in total. The Bertz CT molecular complexity index is 226. The molecular weight excluding hydrogens is 194 g/mol. The smallest absolute Gasteiger partial charge is 0.192 e. The molecule has 4 N–H and O–H groups in total. The summed E-state index contributed by atoms with van der Waals surface area (Å²) in [6, 6.07) is 0. The molecular formula is C7H13NO6. The van der Waals surface area contributed by atoms with E-state index in [0.29, 0.717) is 0 Å². The van der Waals surface area contributed by atoms with Crippen LogP contribution in [0.2, 0.25) is 0 Å². The summed E-state index contributed by atoms with van der Waals surface area (Å²) in [6.45, 7) is 1.40. The number of hydrogen-bond donors (Lipinski definition) is 4. The van der Waals surface area contributed by atoms with Gasteiger partial charge in [0.05, 0.1) is 0 Å². The average molecular weight is 207 g/mol. The molecule has 0 aliphatic carbocycles. The molecule has 0 aromatic rings. The topological polar surface area (TPSA) is 116 Å². The molecule has 0 aromatic carbocycles. The van der Waals surface area contributed by atoms with Gasteiger partial charge in [0, 0.05) is 0 Å². The van der Waals surface area contributed by atoms with E-state index >= 15 is 0 Å². The predicted molar refractivity (Wildman–Crippen MR) is 43.2 cm³/mol. The van der Waals surface area contributed by atoms with E-state index in [1.807, 2.05) is 0 Å². The standard InChI is InChI=1S/C7H13NO6/c1-4(9)7(2,12)6(11)5(10)3-14-8-13/h6,8,11-13H,3H2,1-2H3. The maximum Gasteiger partial charge on any atom is 0.192 e. The number of ketones is 2. The van der Waals surface area contributed by atoms with Crippen molar-refractivity contribution in [1.82, 2.24) is 5.64 Å². The van der Waals surface area contributed by atoms with E-state index in [-0.39, 0.29) is 0 Å². The first-order chi connectivity index (χ1) is 6.34. The van der Waals surface area contributed by atoms with Crippen LogP contribution in [0.25, 0.3) is 0 Å². The van der Waals surface area contributed by atoms with Crippen molar-refractivity contribution in [3.63, 3.8) is 0 Å². The summed E-state index contributed by atoms with van der Waals surface area (Å²) in [5.41, 5.74) is -0.907. The van der Waals surface area contributed by atoms with Crippen molar-refractivity contribution in [1.29, 1.82) is 0 Å². The van der Waals surface area contributed by atoms with Crippen LogP contribution in [0.15, 0.2) is 0 Å². The van der Waals surface area contributed by atoms with Gasteiger partial charge in [-0.15, -0.1) is 0 Å². The van der Waals surface area contributed by atoms with Gasteiger partial charge in [-0.3, -0.25) is 19.6 Å². The monoisotopic (exact) mass is 207 g/mol. The minimum Gasteiger partial charge on any atom is -0.382 e. The molecule has 82 valence electrons. The zero-order chi connectivity index (χ0) is 11.4. The molecule has 0 aliphatic heterocycles. The van der Waals surface area contributed by atoms with Crippen LogP contribution in [0.5, 0.6) is 0 Å². The predicted octanol–water partition coefficient (Wildman–Crippen LogP) is -1.83. The second-order valence-electron chi connectivity index (χ2n) is 2.95. The third kappa shape index (κ3) is 3.13. The molecule has 0 amide bonds. The Kier molecular flexibility index (Phi) is 4.81. The van der Waals surface area contributed by atoms with Crippen molar-refractivity contribution in [2.24, 2.45) is 0 Å². The Balaban J connectivity index is 4.37. The molecule has 0 fully saturated rings. The minimum atomic E-state index is -2.14. The Hall–Kier alpha value is -0.860. The first-order valence-electron chi connectivity index (χ1n) is 3.79. The Morgan fingerprint density at radius 2 is 2.07 bits per heavy atom. The first kappa shape index (κ1) is 13.1. The third-order valence-electron chi connectivity index (χ3n) is 1.83. The van der Waals surface area contributed by atoms with Crippen LogP contribution in [-0.2, 0) is 14.4 Å². The fourth-order valence-electron chi connectivity index (χ4n) is 0.688. The van der Waals surface area contributed by atoms with Crippen LogP contribution >= 0.6 is 0 Å². The molecule has 14 heavy (non-hydrogen) atoms. The van der Waals surface area contributed by atoms with E-state index in [2.05, 4.69) is 4.84 Å². The Morgan fingerprint density at radius 1 is 1.57 bits per heavy atom. The number of aliphatic hydroxyl groups excluding tert-OH is 1. The SMILES string of the molecule is CC(=O)C(C)(O)C(O)C(=O)CONO. The largest absolute Gasteiger partial charge is 0.382 e. The highest BCUT2D eigenvalue weighted by molar-refractivity contribution is 5.95. The number of carbonyl (C=O) groups excluding carboxylic acids is 2. The molecule has 7 heteroatoms. The molecule has 0 bridgehead atoms. The van der Waals surface area contributed by atoms with E-state index in [1.165, 1.54) is 5.64 Å². The van der Waals surface area contributed by atoms with E-state index in [4.69, 9.17) is 5.21 Å². The molecule has 0 rings (SSSR count). The molecule has 2 atom stereocenters. The number of aliphatic hydroxyl groups is 2. The van der Waals surface area contributed by atoms with Gasteiger partial charge in [-0.25, -0.2) is 0 Å². The van der Waals surface area contributed by atoms with Crippen LogP contribution in [-0.4, -0.2) is 45.3 Å². The van der Waals surface area contributed by atoms with Crippen molar-refractivity contribution in [2.45, 2.75) is 25.6 Å². The molecule has 0 heterocycles. The molecule has 2 unspecified atom stereocenters. The summed E-state index contributed by atoms with van der Waals surface area (Å²) < 4.78 is 0. The van der Waals surface area contributed by atoms with Gasteiger partial charge >= 0.3 is 0 Å². The second-order valence-corrected chi connectivity index (χ2v) is 2.95. The number of Topliss-reactive ketones (excluding diaryl/α,β-unsaturated/α-hetero) is 2. The number of rotatable bonds is 6. The average Bonchev–Trinajstić information content (AvgIpc) is 2.12. The summed E-state index contributed by atoms with van der Waals surface area (Å²) in [7, 11) is 0. The van der Waals surface area contributed by atoms with Gasteiger partial charge < -0.3 is 10.2 Å². The molecule has 0 aliphatic rings. The van der Waals surface area contributed by atoms with E-state index in [1.54, 1.807) is 0 Å². The van der Waals surface area contributed by atoms with Crippen molar-refractivity contribution < 1.29 is 29.8 Å². The van der Waals surface area contributed by atoms with E-state index in [0.717, 1.165) is 13.8 Å². The van der Waals surface area contributed by atoms with Gasteiger partial charge in [0.25, 0.3) is 0 Å². The lowest BCUT2D eigenvalue weighted by molar-refractivity contribution is -0.169. The van der Waals surface area contributed by atoms with Crippen LogP contribution in [0.4, 0.5) is 0 Å². The lowest BCUT2D eigenvalue weighted by Gasteiger charge is -2.24. The first-order valence-corrected chi connectivity index (χ1v) is 3.79. The third-order valence-corrected chi connectivity index (χ3v) is 1.83. The van der Waals surface area contributed by atoms with Gasteiger partial charge in [-0.05, 0) is 13.8 Å². The van der Waals surface area contributed by atoms with Crippen molar-refractivity contribution in [2.75, 3.05) is 6.61 Å². The van der Waals surface area contributed by atoms with Crippen LogP contribution in [0.1, 0.15) is 13.8 Å². The summed E-state index contributed by atoms with van der Waals surface area (Å²) in [4.78, 5) is 25.9. The summed E-state index contributed by atoms with van der Waals surface area (Å²) >= 11 is 0. The highest BCUT2D eigenvalue weighted by atomic mass is 16.8. The number of nitrogens with one attached hydrogen (secondary N) is 1. The second kappa shape index (κ2) is 5.13. The van der Waals surface area contributed by atoms with Gasteiger partial charge in [-0.1, -0.05) is 5.64 Å². The maximum absolute atomic E-state index is 11.0. The lowest BCUT2D eigenvalue weighted by atomic mass is 9.92. The number of carbonyl (C=O) groups is 2. The minimum absolute atomic E-state index is 0.666. The molecule has 0 spiro atoms. The fraction of sp³-hybridized carbons (Fsp3) is 0.714. The van der Waals surface area contributed by atoms with Gasteiger partial charge in [-0.2, -0.15) is 0 Å². The van der Waals surface area contributed by atoms with Gasteiger partial charge in [0.1, 0.15) is 6.61 Å². The van der Waals surface area contributed by atoms with Crippen molar-refractivity contribution in [3.05, 3.63) is 0 Å². The zero-order valence-corrected chi connectivity index (χ0v) is 7.85. The Labute approximate surface area is 80.2 Å². The van der Waals surface area contributed by atoms with Crippen LogP contribution < -0.4 is 5.64 Å². The van der Waals surface area contributed by atoms with Gasteiger partial charge in [0.15, 0.2) is 23.3 Å². The lowest BCUT2D eigenvalue weighted by Crippen LogP contribution is -2.51. The van der Waals surface area contributed by atoms with E-state index < -0.39 is 29.9 Å². The quantitative estimate of drug-likeness (QED) is 0.378. The van der Waals surface area contributed by atoms with E-state index in [9.17, 15) is 19.8 Å². The highest BCUT2D eigenvalue weighted by Gasteiger charge is 2.39. The Morgan fingerprint density at radius 3 is 2.43 bits per heavy atom. The number of hydrogen-bond acceptors (Lipinski definition) is 7. The summed E-state index contributed by atoms with van der Waals surface area (Å²) in [5.74, 6) is -1.66. The molecule has 0 saturated heterocycles. The fourth-order valence-corrected chi connectivity index (χ4v) is 0.688. The molecule has 0 radical (unpaired) electrons.